The first-order valence-electron chi connectivity index (χ1n) is 8.33. The zero-order valence-electron chi connectivity index (χ0n) is 13.5. The molecule has 0 aliphatic carbocycles. The van der Waals surface area contributed by atoms with Gasteiger partial charge in [-0.1, -0.05) is 35.5 Å². The van der Waals surface area contributed by atoms with Crippen LogP contribution in [-0.4, -0.2) is 49.4 Å². The number of piperidine rings is 1. The Bertz CT molecular complexity index is 755. The minimum absolute atomic E-state index is 0.406. The molecule has 124 valence electrons. The molecule has 4 rings (SSSR count). The van der Waals surface area contributed by atoms with Crippen molar-refractivity contribution in [2.24, 2.45) is 0 Å². The van der Waals surface area contributed by atoms with E-state index >= 15 is 0 Å². The highest BCUT2D eigenvalue weighted by Crippen LogP contribution is 2.20. The normalized spacial score (nSPS) is 18.8. The van der Waals surface area contributed by atoms with Gasteiger partial charge in [-0.3, -0.25) is 0 Å². The summed E-state index contributed by atoms with van der Waals surface area (Å²) in [6, 6.07) is 10.3. The molecule has 24 heavy (non-hydrogen) atoms. The first-order valence-corrected chi connectivity index (χ1v) is 8.33. The number of nitrogens with zero attached hydrogens (tertiary/aromatic N) is 6. The SMILES string of the molecule is c1ccc(-c2noc(CCN3CCC[C@@H](n4cncn4)C3)n2)cc1. The number of aromatic nitrogens is 5. The van der Waals surface area contributed by atoms with E-state index in [0.717, 1.165) is 38.0 Å². The molecule has 0 N–H and O–H groups in total. The van der Waals surface area contributed by atoms with Crippen molar-refractivity contribution >= 4 is 0 Å². The van der Waals surface area contributed by atoms with Gasteiger partial charge in [0, 0.05) is 25.1 Å². The van der Waals surface area contributed by atoms with E-state index in [2.05, 4.69) is 25.1 Å². The van der Waals surface area contributed by atoms with Crippen molar-refractivity contribution in [3.63, 3.8) is 0 Å². The molecule has 2 aromatic heterocycles. The molecule has 1 aliphatic rings. The topological polar surface area (TPSA) is 72.9 Å². The number of benzene rings is 1. The zero-order chi connectivity index (χ0) is 16.2. The van der Waals surface area contributed by atoms with Crippen LogP contribution in [0.3, 0.4) is 0 Å². The third-order valence-corrected chi connectivity index (χ3v) is 4.43. The molecule has 0 saturated carbocycles. The number of hydrogen-bond acceptors (Lipinski definition) is 6. The molecule has 0 radical (unpaired) electrons. The Hall–Kier alpha value is -2.54. The van der Waals surface area contributed by atoms with Crippen LogP contribution in [0.4, 0.5) is 0 Å². The van der Waals surface area contributed by atoms with E-state index in [1.165, 1.54) is 6.42 Å². The molecule has 1 aromatic carbocycles. The Kier molecular flexibility index (Phi) is 4.33. The molecule has 1 saturated heterocycles. The van der Waals surface area contributed by atoms with Crippen LogP contribution in [0.1, 0.15) is 24.8 Å². The highest BCUT2D eigenvalue weighted by Gasteiger charge is 2.22. The second-order valence-electron chi connectivity index (χ2n) is 6.10. The van der Waals surface area contributed by atoms with Crippen molar-refractivity contribution in [1.82, 2.24) is 29.8 Å². The van der Waals surface area contributed by atoms with Crippen LogP contribution in [0.5, 0.6) is 0 Å². The molecule has 3 aromatic rings. The van der Waals surface area contributed by atoms with Crippen molar-refractivity contribution in [1.29, 1.82) is 0 Å². The van der Waals surface area contributed by atoms with Crippen LogP contribution < -0.4 is 0 Å². The van der Waals surface area contributed by atoms with Gasteiger partial charge in [-0.25, -0.2) is 9.67 Å². The Morgan fingerprint density at radius 1 is 1.21 bits per heavy atom. The molecule has 1 aliphatic heterocycles. The lowest BCUT2D eigenvalue weighted by Crippen LogP contribution is -2.38. The van der Waals surface area contributed by atoms with E-state index in [4.69, 9.17) is 4.52 Å². The lowest BCUT2D eigenvalue weighted by Gasteiger charge is -2.32. The van der Waals surface area contributed by atoms with Gasteiger partial charge in [0.25, 0.3) is 0 Å². The van der Waals surface area contributed by atoms with Gasteiger partial charge in [-0.2, -0.15) is 10.1 Å². The fourth-order valence-corrected chi connectivity index (χ4v) is 3.17. The second-order valence-corrected chi connectivity index (χ2v) is 6.10. The van der Waals surface area contributed by atoms with Crippen molar-refractivity contribution in [2.75, 3.05) is 19.6 Å². The molecule has 7 nitrogen and oxygen atoms in total. The number of hydrogen-bond donors (Lipinski definition) is 0. The molecule has 0 amide bonds. The summed E-state index contributed by atoms with van der Waals surface area (Å²) in [7, 11) is 0. The van der Waals surface area contributed by atoms with Crippen LogP contribution in [0.15, 0.2) is 47.5 Å². The highest BCUT2D eigenvalue weighted by atomic mass is 16.5. The smallest absolute Gasteiger partial charge is 0.228 e. The van der Waals surface area contributed by atoms with E-state index in [1.807, 2.05) is 35.0 Å². The van der Waals surface area contributed by atoms with Crippen LogP contribution in [0.2, 0.25) is 0 Å². The number of rotatable bonds is 5. The first kappa shape index (κ1) is 15.0. The summed E-state index contributed by atoms with van der Waals surface area (Å²) in [5.41, 5.74) is 0.983. The van der Waals surface area contributed by atoms with E-state index in [0.29, 0.717) is 17.8 Å². The maximum absolute atomic E-state index is 5.39. The van der Waals surface area contributed by atoms with Gasteiger partial charge in [0.1, 0.15) is 12.7 Å². The predicted octanol–water partition coefficient (Wildman–Crippen LogP) is 2.21. The fourth-order valence-electron chi connectivity index (χ4n) is 3.17. The summed E-state index contributed by atoms with van der Waals surface area (Å²) in [6.07, 6.45) is 6.49. The third-order valence-electron chi connectivity index (χ3n) is 4.43. The van der Waals surface area contributed by atoms with Gasteiger partial charge in [0.05, 0.1) is 6.04 Å². The first-order chi connectivity index (χ1) is 11.9. The van der Waals surface area contributed by atoms with Gasteiger partial charge >= 0.3 is 0 Å². The van der Waals surface area contributed by atoms with Crippen LogP contribution in [0.25, 0.3) is 11.4 Å². The summed E-state index contributed by atoms with van der Waals surface area (Å²) in [6.45, 7) is 3.01. The molecule has 7 heteroatoms. The fraction of sp³-hybridized carbons (Fsp3) is 0.412. The van der Waals surface area contributed by atoms with Gasteiger partial charge in [0.15, 0.2) is 0 Å². The minimum Gasteiger partial charge on any atom is -0.339 e. The molecule has 3 heterocycles. The summed E-state index contributed by atoms with van der Waals surface area (Å²) in [5.74, 6) is 1.35. The molecular weight excluding hydrogens is 304 g/mol. The van der Waals surface area contributed by atoms with Crippen LogP contribution >= 0.6 is 0 Å². The molecule has 0 unspecified atom stereocenters. The van der Waals surface area contributed by atoms with Crippen LogP contribution in [0, 0.1) is 0 Å². The second kappa shape index (κ2) is 6.92. The monoisotopic (exact) mass is 324 g/mol. The summed E-state index contributed by atoms with van der Waals surface area (Å²) in [5, 5.41) is 8.35. The molecule has 1 atom stereocenters. The molecular formula is C17H20N6O. The molecule has 0 spiro atoms. The van der Waals surface area contributed by atoms with Crippen molar-refractivity contribution in [3.8, 4) is 11.4 Å². The average Bonchev–Trinajstić information content (AvgIpc) is 3.33. The largest absolute Gasteiger partial charge is 0.339 e. The maximum atomic E-state index is 5.39. The quantitative estimate of drug-likeness (QED) is 0.716. The zero-order valence-corrected chi connectivity index (χ0v) is 13.5. The lowest BCUT2D eigenvalue weighted by atomic mass is 10.1. The maximum Gasteiger partial charge on any atom is 0.228 e. The number of likely N-dealkylation sites (tertiary alicyclic amines) is 1. The standard InChI is InChI=1S/C17H20N6O/c1-2-5-14(6-3-1)17-20-16(24-21-17)8-10-22-9-4-7-15(11-22)23-13-18-12-19-23/h1-3,5-6,12-13,15H,4,7-11H2/t15-/m1/s1. The predicted molar refractivity (Wildman–Crippen MR) is 88.2 cm³/mol. The Labute approximate surface area is 140 Å². The summed E-state index contributed by atoms with van der Waals surface area (Å²) < 4.78 is 7.36. The average molecular weight is 324 g/mol. The van der Waals surface area contributed by atoms with E-state index in [1.54, 1.807) is 12.7 Å². The minimum atomic E-state index is 0.406. The van der Waals surface area contributed by atoms with Crippen molar-refractivity contribution in [3.05, 3.63) is 48.9 Å². The Balaban J connectivity index is 1.34. The van der Waals surface area contributed by atoms with Crippen molar-refractivity contribution < 1.29 is 4.52 Å². The van der Waals surface area contributed by atoms with Gasteiger partial charge in [0.2, 0.25) is 11.7 Å². The lowest BCUT2D eigenvalue weighted by molar-refractivity contribution is 0.167. The molecule has 0 bridgehead atoms. The van der Waals surface area contributed by atoms with Gasteiger partial charge in [-0.05, 0) is 19.4 Å². The van der Waals surface area contributed by atoms with Crippen molar-refractivity contribution in [2.45, 2.75) is 25.3 Å². The highest BCUT2D eigenvalue weighted by molar-refractivity contribution is 5.53. The van der Waals surface area contributed by atoms with E-state index in [9.17, 15) is 0 Å². The third kappa shape index (κ3) is 3.35. The summed E-state index contributed by atoms with van der Waals surface area (Å²) >= 11 is 0. The van der Waals surface area contributed by atoms with Gasteiger partial charge < -0.3 is 9.42 Å². The van der Waals surface area contributed by atoms with Crippen LogP contribution in [-0.2, 0) is 6.42 Å². The Morgan fingerprint density at radius 2 is 2.12 bits per heavy atom. The van der Waals surface area contributed by atoms with E-state index < -0.39 is 0 Å². The summed E-state index contributed by atoms with van der Waals surface area (Å²) in [4.78, 5) is 11.0. The Morgan fingerprint density at radius 3 is 2.96 bits per heavy atom. The van der Waals surface area contributed by atoms with E-state index in [-0.39, 0.29) is 0 Å². The van der Waals surface area contributed by atoms with Gasteiger partial charge in [-0.15, -0.1) is 0 Å². The molecule has 1 fully saturated rings.